The number of rotatable bonds is 8. The molecule has 1 fully saturated rings. The molecule has 1 aliphatic heterocycles. The number of ether oxygens (including phenoxy) is 2. The van der Waals surface area contributed by atoms with Gasteiger partial charge in [-0.1, -0.05) is 13.8 Å². The summed E-state index contributed by atoms with van der Waals surface area (Å²) in [6.07, 6.45) is 2.33. The highest BCUT2D eigenvalue weighted by atomic mass is 16.5. The van der Waals surface area contributed by atoms with E-state index in [1.807, 2.05) is 0 Å². The monoisotopic (exact) mass is 272 g/mol. The van der Waals surface area contributed by atoms with Gasteiger partial charge in [-0.05, 0) is 26.7 Å². The average Bonchev–Trinajstić information content (AvgIpc) is 2.43. The first-order valence-corrected chi connectivity index (χ1v) is 7.56. The van der Waals surface area contributed by atoms with Crippen molar-refractivity contribution in [1.82, 2.24) is 10.2 Å². The molecule has 4 heteroatoms. The molecule has 4 nitrogen and oxygen atoms in total. The molecule has 1 rings (SSSR count). The van der Waals surface area contributed by atoms with Gasteiger partial charge in [0.15, 0.2) is 0 Å². The van der Waals surface area contributed by atoms with Crippen LogP contribution in [0.25, 0.3) is 0 Å². The van der Waals surface area contributed by atoms with Crippen molar-refractivity contribution in [3.05, 3.63) is 0 Å². The van der Waals surface area contributed by atoms with Gasteiger partial charge in [0.05, 0.1) is 19.8 Å². The molecule has 1 saturated heterocycles. The summed E-state index contributed by atoms with van der Waals surface area (Å²) in [5, 5.41) is 3.72. The molecule has 0 bridgehead atoms. The van der Waals surface area contributed by atoms with Crippen LogP contribution in [-0.4, -0.2) is 62.5 Å². The summed E-state index contributed by atoms with van der Waals surface area (Å²) in [5.41, 5.74) is 0.487. The molecule has 0 spiro atoms. The molecule has 1 N–H and O–H groups in total. The lowest BCUT2D eigenvalue weighted by Crippen LogP contribution is -2.68. The molecule has 0 aromatic carbocycles. The Morgan fingerprint density at radius 3 is 2.42 bits per heavy atom. The largest absolute Gasteiger partial charge is 0.382 e. The summed E-state index contributed by atoms with van der Waals surface area (Å²) in [6, 6.07) is 0. The average molecular weight is 272 g/mol. The van der Waals surface area contributed by atoms with Gasteiger partial charge in [0.25, 0.3) is 0 Å². The summed E-state index contributed by atoms with van der Waals surface area (Å²) in [4.78, 5) is 2.60. The van der Waals surface area contributed by atoms with Crippen LogP contribution in [0.3, 0.4) is 0 Å². The third-order valence-electron chi connectivity index (χ3n) is 4.68. The van der Waals surface area contributed by atoms with Crippen molar-refractivity contribution in [2.75, 3.05) is 46.6 Å². The number of hydrogen-bond donors (Lipinski definition) is 1. The van der Waals surface area contributed by atoms with Gasteiger partial charge in [-0.25, -0.2) is 0 Å². The molecule has 2 atom stereocenters. The second-order valence-corrected chi connectivity index (χ2v) is 6.14. The summed E-state index contributed by atoms with van der Waals surface area (Å²) in [6.45, 7) is 14.5. The van der Waals surface area contributed by atoms with Gasteiger partial charge in [-0.2, -0.15) is 0 Å². The van der Waals surface area contributed by atoms with Crippen molar-refractivity contribution >= 4 is 0 Å². The molecule has 0 saturated carbocycles. The highest BCUT2D eigenvalue weighted by Gasteiger charge is 2.40. The zero-order valence-corrected chi connectivity index (χ0v) is 13.4. The third-order valence-corrected chi connectivity index (χ3v) is 4.68. The van der Waals surface area contributed by atoms with E-state index >= 15 is 0 Å². The highest BCUT2D eigenvalue weighted by molar-refractivity contribution is 5.00. The molecule has 0 radical (unpaired) electrons. The summed E-state index contributed by atoms with van der Waals surface area (Å²) in [7, 11) is 1.71. The van der Waals surface area contributed by atoms with E-state index in [2.05, 4.69) is 37.9 Å². The first kappa shape index (κ1) is 16.9. The molecule has 2 unspecified atom stereocenters. The predicted octanol–water partition coefficient (Wildman–Crippen LogP) is 1.89. The van der Waals surface area contributed by atoms with Gasteiger partial charge >= 0.3 is 0 Å². The van der Waals surface area contributed by atoms with Crippen molar-refractivity contribution in [2.24, 2.45) is 0 Å². The number of hydrogen-bond acceptors (Lipinski definition) is 4. The second kappa shape index (κ2) is 7.58. The molecular weight excluding hydrogens is 240 g/mol. The Balaban J connectivity index is 2.48. The van der Waals surface area contributed by atoms with Gasteiger partial charge in [0.1, 0.15) is 0 Å². The lowest BCUT2D eigenvalue weighted by atomic mass is 9.86. The molecule has 0 aromatic heterocycles. The molecule has 0 amide bonds. The predicted molar refractivity (Wildman–Crippen MR) is 79.7 cm³/mol. The number of piperazine rings is 1. The molecular formula is C15H32N2O2. The number of methoxy groups -OCH3 is 1. The van der Waals surface area contributed by atoms with Crippen LogP contribution in [0.1, 0.15) is 40.5 Å². The minimum atomic E-state index is 0.237. The van der Waals surface area contributed by atoms with E-state index < -0.39 is 0 Å². The third kappa shape index (κ3) is 4.71. The fraction of sp³-hybridized carbons (Fsp3) is 1.00. The molecule has 19 heavy (non-hydrogen) atoms. The van der Waals surface area contributed by atoms with E-state index in [0.717, 1.165) is 39.1 Å². The summed E-state index contributed by atoms with van der Waals surface area (Å²) < 4.78 is 10.6. The van der Waals surface area contributed by atoms with Crippen LogP contribution in [0.4, 0.5) is 0 Å². The van der Waals surface area contributed by atoms with E-state index in [-0.39, 0.29) is 11.1 Å². The van der Waals surface area contributed by atoms with Crippen LogP contribution in [0.15, 0.2) is 0 Å². The second-order valence-electron chi connectivity index (χ2n) is 6.14. The van der Waals surface area contributed by atoms with Crippen LogP contribution >= 0.6 is 0 Å². The molecule has 0 aliphatic carbocycles. The lowest BCUT2D eigenvalue weighted by Gasteiger charge is -2.52. The standard InChI is InChI=1S/C15H32N2O2/c1-6-14(3)13-17(8-9-19-11-10-18-5)15(4,7-2)12-16-14/h16H,6-13H2,1-5H3. The minimum absolute atomic E-state index is 0.237. The smallest absolute Gasteiger partial charge is 0.0700 e. The van der Waals surface area contributed by atoms with Crippen LogP contribution < -0.4 is 5.32 Å². The molecule has 1 heterocycles. The van der Waals surface area contributed by atoms with Gasteiger partial charge in [-0.15, -0.1) is 0 Å². The van der Waals surface area contributed by atoms with Gasteiger partial charge < -0.3 is 14.8 Å². The normalized spacial score (nSPS) is 32.7. The topological polar surface area (TPSA) is 33.7 Å². The molecule has 114 valence electrons. The van der Waals surface area contributed by atoms with Crippen molar-refractivity contribution in [3.8, 4) is 0 Å². The zero-order chi connectivity index (χ0) is 14.4. The Morgan fingerprint density at radius 1 is 1.11 bits per heavy atom. The van der Waals surface area contributed by atoms with Crippen LogP contribution in [-0.2, 0) is 9.47 Å². The molecule has 0 aromatic rings. The Labute approximate surface area is 118 Å². The Hall–Kier alpha value is -0.160. The maximum absolute atomic E-state index is 5.63. The number of nitrogens with one attached hydrogen (secondary N) is 1. The Morgan fingerprint density at radius 2 is 1.84 bits per heavy atom. The van der Waals surface area contributed by atoms with Crippen molar-refractivity contribution < 1.29 is 9.47 Å². The van der Waals surface area contributed by atoms with Crippen molar-refractivity contribution in [2.45, 2.75) is 51.6 Å². The molecule has 1 aliphatic rings. The van der Waals surface area contributed by atoms with Crippen molar-refractivity contribution in [1.29, 1.82) is 0 Å². The maximum atomic E-state index is 5.63. The number of nitrogens with zero attached hydrogens (tertiary/aromatic N) is 1. The van der Waals surface area contributed by atoms with E-state index in [4.69, 9.17) is 9.47 Å². The summed E-state index contributed by atoms with van der Waals surface area (Å²) >= 11 is 0. The van der Waals surface area contributed by atoms with Gasteiger partial charge in [0, 0.05) is 37.8 Å². The van der Waals surface area contributed by atoms with E-state index in [0.29, 0.717) is 13.2 Å². The van der Waals surface area contributed by atoms with Gasteiger partial charge in [-0.3, -0.25) is 4.90 Å². The minimum Gasteiger partial charge on any atom is -0.382 e. The quantitative estimate of drug-likeness (QED) is 0.684. The zero-order valence-electron chi connectivity index (χ0n) is 13.4. The van der Waals surface area contributed by atoms with Crippen LogP contribution in [0.2, 0.25) is 0 Å². The van der Waals surface area contributed by atoms with Crippen LogP contribution in [0.5, 0.6) is 0 Å². The van der Waals surface area contributed by atoms with E-state index in [1.54, 1.807) is 7.11 Å². The Bertz CT molecular complexity index is 263. The fourth-order valence-electron chi connectivity index (χ4n) is 2.54. The van der Waals surface area contributed by atoms with Crippen LogP contribution in [0, 0.1) is 0 Å². The fourth-order valence-corrected chi connectivity index (χ4v) is 2.54. The summed E-state index contributed by atoms with van der Waals surface area (Å²) in [5.74, 6) is 0. The van der Waals surface area contributed by atoms with E-state index in [9.17, 15) is 0 Å². The van der Waals surface area contributed by atoms with E-state index in [1.165, 1.54) is 0 Å². The lowest BCUT2D eigenvalue weighted by molar-refractivity contribution is -0.0118. The Kier molecular flexibility index (Phi) is 6.74. The first-order valence-electron chi connectivity index (χ1n) is 7.56. The van der Waals surface area contributed by atoms with Crippen molar-refractivity contribution in [3.63, 3.8) is 0 Å². The van der Waals surface area contributed by atoms with Gasteiger partial charge in [0.2, 0.25) is 0 Å². The SMILES string of the molecule is CCC1(C)CN(CCOCCOC)C(C)(CC)CN1. The maximum Gasteiger partial charge on any atom is 0.0700 e. The first-order chi connectivity index (χ1) is 8.99. The highest BCUT2D eigenvalue weighted by Crippen LogP contribution is 2.27.